The minimum atomic E-state index is -0.645. The number of piperazine rings is 1. The Morgan fingerprint density at radius 2 is 1.90 bits per heavy atom. The molecule has 7 nitrogen and oxygen atoms in total. The average molecular weight is 434 g/mol. The van der Waals surface area contributed by atoms with E-state index in [0.717, 1.165) is 0 Å². The lowest BCUT2D eigenvalue weighted by Crippen LogP contribution is -2.50. The third-order valence-electron chi connectivity index (χ3n) is 4.63. The summed E-state index contributed by atoms with van der Waals surface area (Å²) in [5.74, 6) is 0.424. The Labute approximate surface area is 182 Å². The first-order valence-corrected chi connectivity index (χ1v) is 10.2. The number of ether oxygens (including phenoxy) is 1. The second-order valence-corrected chi connectivity index (χ2v) is 9.05. The van der Waals surface area contributed by atoms with Crippen LogP contribution in [0, 0.1) is 5.82 Å². The number of hydrogen-bond acceptors (Lipinski definition) is 6. The number of nitrogens with zero attached hydrogens (tertiary/aromatic N) is 5. The van der Waals surface area contributed by atoms with Crippen molar-refractivity contribution >= 4 is 47.7 Å². The molecule has 0 N–H and O–H groups in total. The molecule has 2 aromatic rings. The van der Waals surface area contributed by atoms with Crippen molar-refractivity contribution in [1.29, 1.82) is 0 Å². The van der Waals surface area contributed by atoms with Crippen molar-refractivity contribution in [3.63, 3.8) is 0 Å². The zero-order valence-corrected chi connectivity index (χ0v) is 18.8. The standard InChI is InChI=1S/C20H26BClFN5O2/c1-20(2,3)30-19(29)28-8-6-27(7-9-28)18-12-10-13(22)15(21)16(23)17(12)24-14(25-18)11-26(4)5/h10H,6-9,11H2,1-5H3. The monoisotopic (exact) mass is 433 g/mol. The van der Waals surface area contributed by atoms with E-state index >= 15 is 0 Å². The lowest BCUT2D eigenvalue weighted by molar-refractivity contribution is 0.0240. The Morgan fingerprint density at radius 1 is 1.27 bits per heavy atom. The van der Waals surface area contributed by atoms with E-state index < -0.39 is 11.4 Å². The van der Waals surface area contributed by atoms with Gasteiger partial charge in [0, 0.05) is 36.6 Å². The van der Waals surface area contributed by atoms with Gasteiger partial charge in [0.15, 0.2) is 0 Å². The van der Waals surface area contributed by atoms with Gasteiger partial charge in [-0.25, -0.2) is 19.2 Å². The fraction of sp³-hybridized carbons (Fsp3) is 0.550. The minimum absolute atomic E-state index is 0.123. The third kappa shape index (κ3) is 4.95. The van der Waals surface area contributed by atoms with Gasteiger partial charge in [0.1, 0.15) is 36.4 Å². The lowest BCUT2D eigenvalue weighted by atomic mass is 9.93. The molecule has 0 aliphatic carbocycles. The van der Waals surface area contributed by atoms with Crippen LogP contribution < -0.4 is 10.4 Å². The van der Waals surface area contributed by atoms with Gasteiger partial charge in [-0.2, -0.15) is 0 Å². The van der Waals surface area contributed by atoms with Gasteiger partial charge in [0.2, 0.25) is 0 Å². The van der Waals surface area contributed by atoms with E-state index in [1.165, 1.54) is 0 Å². The first-order valence-electron chi connectivity index (χ1n) is 9.78. The first kappa shape index (κ1) is 22.6. The van der Waals surface area contributed by atoms with Gasteiger partial charge in [0.05, 0.1) is 6.54 Å². The van der Waals surface area contributed by atoms with Crippen LogP contribution in [-0.2, 0) is 11.3 Å². The molecule has 1 saturated heterocycles. The van der Waals surface area contributed by atoms with E-state index in [9.17, 15) is 9.18 Å². The fourth-order valence-corrected chi connectivity index (χ4v) is 3.45. The molecule has 0 unspecified atom stereocenters. The van der Waals surface area contributed by atoms with Crippen molar-refractivity contribution in [3.05, 3.63) is 22.7 Å². The third-order valence-corrected chi connectivity index (χ3v) is 4.95. The molecule has 2 radical (unpaired) electrons. The zero-order valence-electron chi connectivity index (χ0n) is 18.0. The molecule has 0 spiro atoms. The van der Waals surface area contributed by atoms with Crippen LogP contribution in [0.4, 0.5) is 15.0 Å². The molecule has 0 atom stereocenters. The number of fused-ring (bicyclic) bond motifs is 1. The second-order valence-electron chi connectivity index (χ2n) is 8.64. The summed E-state index contributed by atoms with van der Waals surface area (Å²) in [5.41, 5.74) is -0.528. The van der Waals surface area contributed by atoms with Crippen LogP contribution >= 0.6 is 11.6 Å². The molecule has 1 aromatic heterocycles. The van der Waals surface area contributed by atoms with Gasteiger partial charge in [-0.1, -0.05) is 11.6 Å². The van der Waals surface area contributed by atoms with Crippen LogP contribution in [0.1, 0.15) is 26.6 Å². The maximum atomic E-state index is 14.8. The Hall–Kier alpha value is -2.13. The number of amides is 1. The topological polar surface area (TPSA) is 61.8 Å². The van der Waals surface area contributed by atoms with Gasteiger partial charge >= 0.3 is 6.09 Å². The van der Waals surface area contributed by atoms with E-state index in [-0.39, 0.29) is 22.1 Å². The molecule has 1 fully saturated rings. The summed E-state index contributed by atoms with van der Waals surface area (Å²) >= 11 is 6.14. The molecule has 1 amide bonds. The molecule has 160 valence electrons. The number of hydrogen-bond donors (Lipinski definition) is 0. The molecule has 2 heterocycles. The molecule has 0 bridgehead atoms. The van der Waals surface area contributed by atoms with E-state index in [1.807, 2.05) is 44.7 Å². The van der Waals surface area contributed by atoms with Crippen LogP contribution in [0.15, 0.2) is 6.07 Å². The molecular weight excluding hydrogens is 408 g/mol. The number of anilines is 1. The lowest BCUT2D eigenvalue weighted by Gasteiger charge is -2.36. The van der Waals surface area contributed by atoms with Gasteiger partial charge < -0.3 is 19.4 Å². The number of halogens is 2. The van der Waals surface area contributed by atoms with E-state index in [4.69, 9.17) is 24.2 Å². The highest BCUT2D eigenvalue weighted by atomic mass is 35.5. The quantitative estimate of drug-likeness (QED) is 0.693. The minimum Gasteiger partial charge on any atom is -0.444 e. The molecular formula is C20H26BClFN5O2. The molecule has 1 aromatic carbocycles. The zero-order chi connectivity index (χ0) is 22.2. The SMILES string of the molecule is [B]c1c(Cl)cc2c(N3CCN(C(=O)OC(C)(C)C)CC3)nc(CN(C)C)nc2c1F. The summed E-state index contributed by atoms with van der Waals surface area (Å²) in [5, 5.41) is 0.623. The Bertz CT molecular complexity index is 959. The Morgan fingerprint density at radius 3 is 2.47 bits per heavy atom. The van der Waals surface area contributed by atoms with E-state index in [2.05, 4.69) is 9.97 Å². The molecule has 1 aliphatic heterocycles. The van der Waals surface area contributed by atoms with E-state index in [1.54, 1.807) is 11.0 Å². The highest BCUT2D eigenvalue weighted by Gasteiger charge is 2.28. The number of benzene rings is 1. The van der Waals surface area contributed by atoms with Crippen molar-refractivity contribution in [2.75, 3.05) is 45.2 Å². The number of aromatic nitrogens is 2. The van der Waals surface area contributed by atoms with Gasteiger partial charge in [-0.3, -0.25) is 0 Å². The smallest absolute Gasteiger partial charge is 0.410 e. The summed E-state index contributed by atoms with van der Waals surface area (Å²) in [6.07, 6.45) is -0.343. The van der Waals surface area contributed by atoms with Gasteiger partial charge in [0.25, 0.3) is 0 Å². The van der Waals surface area contributed by atoms with E-state index in [0.29, 0.717) is 49.8 Å². The van der Waals surface area contributed by atoms with Crippen molar-refractivity contribution in [2.45, 2.75) is 32.9 Å². The molecule has 1 aliphatic rings. The van der Waals surface area contributed by atoms with Crippen molar-refractivity contribution < 1.29 is 13.9 Å². The van der Waals surface area contributed by atoms with Crippen LogP contribution in [0.2, 0.25) is 5.02 Å². The summed E-state index contributed by atoms with van der Waals surface area (Å²) in [6.45, 7) is 7.94. The number of carbonyl (C=O) groups excluding carboxylic acids is 1. The summed E-state index contributed by atoms with van der Waals surface area (Å²) < 4.78 is 20.3. The molecule has 3 rings (SSSR count). The maximum Gasteiger partial charge on any atom is 0.410 e. The summed E-state index contributed by atoms with van der Waals surface area (Å²) in [6, 6.07) is 1.60. The average Bonchev–Trinajstić information content (AvgIpc) is 2.65. The normalized spacial score (nSPS) is 15.2. The van der Waals surface area contributed by atoms with Crippen LogP contribution in [0.3, 0.4) is 0 Å². The highest BCUT2D eigenvalue weighted by molar-refractivity contribution is 6.46. The van der Waals surface area contributed by atoms with Crippen molar-refractivity contribution in [2.24, 2.45) is 0 Å². The number of carbonyl (C=O) groups is 1. The predicted molar refractivity (Wildman–Crippen MR) is 117 cm³/mol. The van der Waals surface area contributed by atoms with Crippen LogP contribution in [0.5, 0.6) is 0 Å². The van der Waals surface area contributed by atoms with Gasteiger partial charge in [-0.05, 0) is 46.4 Å². The Balaban J connectivity index is 1.92. The van der Waals surface area contributed by atoms with Gasteiger partial charge in [-0.15, -0.1) is 0 Å². The Kier molecular flexibility index (Phi) is 6.43. The molecule has 30 heavy (non-hydrogen) atoms. The first-order chi connectivity index (χ1) is 14.0. The molecule has 10 heteroatoms. The number of rotatable bonds is 3. The van der Waals surface area contributed by atoms with Crippen LogP contribution in [-0.4, -0.2) is 79.6 Å². The second kappa shape index (κ2) is 8.55. The summed E-state index contributed by atoms with van der Waals surface area (Å²) in [7, 11) is 9.56. The maximum absolute atomic E-state index is 14.8. The summed E-state index contributed by atoms with van der Waals surface area (Å²) in [4.78, 5) is 27.0. The largest absolute Gasteiger partial charge is 0.444 e. The fourth-order valence-electron chi connectivity index (χ4n) is 3.26. The van der Waals surface area contributed by atoms with Crippen LogP contribution in [0.25, 0.3) is 10.9 Å². The van der Waals surface area contributed by atoms with Crippen molar-refractivity contribution in [1.82, 2.24) is 19.8 Å². The van der Waals surface area contributed by atoms with Crippen molar-refractivity contribution in [3.8, 4) is 0 Å². The molecule has 0 saturated carbocycles. The predicted octanol–water partition coefficient (Wildman–Crippen LogP) is 2.33. The highest BCUT2D eigenvalue weighted by Crippen LogP contribution is 2.29.